The van der Waals surface area contributed by atoms with Crippen LogP contribution in [0.2, 0.25) is 0 Å². The molecule has 0 bridgehead atoms. The summed E-state index contributed by atoms with van der Waals surface area (Å²) in [5, 5.41) is 21.3. The number of likely N-dealkylation sites (N-methyl/N-ethyl adjacent to an activating group) is 1. The molecule has 0 saturated carbocycles. The van der Waals surface area contributed by atoms with Gasteiger partial charge in [0.2, 0.25) is 5.91 Å². The van der Waals surface area contributed by atoms with Crippen LogP contribution in [0.1, 0.15) is 54.0 Å². The molecular weight excluding hydrogens is 400 g/mol. The Morgan fingerprint density at radius 1 is 1.03 bits per heavy atom. The van der Waals surface area contributed by atoms with Gasteiger partial charge in [0.15, 0.2) is 0 Å². The number of hydrogen-bond donors (Lipinski definition) is 3. The molecule has 178 valence electrons. The molecule has 0 fully saturated rings. The molecule has 5 nitrogen and oxygen atoms in total. The van der Waals surface area contributed by atoms with Crippen molar-refractivity contribution < 1.29 is 15.0 Å². The summed E-state index contributed by atoms with van der Waals surface area (Å²) in [7, 11) is 5.42. The van der Waals surface area contributed by atoms with E-state index >= 15 is 0 Å². The molecule has 1 aliphatic rings. The van der Waals surface area contributed by atoms with Gasteiger partial charge in [-0.05, 0) is 87.4 Å². The topological polar surface area (TPSA) is 72.8 Å². The molecule has 0 aromatic heterocycles. The maximum Gasteiger partial charge on any atom is 0.221 e. The Labute approximate surface area is 194 Å². The number of fused-ring (bicyclic) bond motifs is 1. The molecule has 32 heavy (non-hydrogen) atoms. The highest BCUT2D eigenvalue weighted by Crippen LogP contribution is 2.21. The van der Waals surface area contributed by atoms with Crippen molar-refractivity contribution in [3.8, 4) is 5.75 Å². The third-order valence-electron chi connectivity index (χ3n) is 5.49. The van der Waals surface area contributed by atoms with Gasteiger partial charge >= 0.3 is 0 Å². The standard InChI is InChI=1S/C11H17NO2.C11H14.C5H11NO/c1-12-6-4-9-2-3-11(14)10(8-9)5-7-13;1-9-6-7-10-4-2-3-5-11(10)8-9;1-4-5(7)6(2)3/h2-3,8,12-14H,4-7H2,1H3;6-8H,2-5H2,1H3;4H2,1-3H3. The molecule has 2 aromatic carbocycles. The summed E-state index contributed by atoms with van der Waals surface area (Å²) in [5.41, 5.74) is 6.59. The van der Waals surface area contributed by atoms with Crippen LogP contribution in [0.3, 0.4) is 0 Å². The fourth-order valence-electron chi connectivity index (χ4n) is 3.56. The summed E-state index contributed by atoms with van der Waals surface area (Å²) < 4.78 is 0. The number of aryl methyl sites for hydroxylation is 3. The summed E-state index contributed by atoms with van der Waals surface area (Å²) in [4.78, 5) is 12.0. The monoisotopic (exact) mass is 442 g/mol. The van der Waals surface area contributed by atoms with Crippen molar-refractivity contribution in [2.45, 2.75) is 58.8 Å². The number of carbonyl (C=O) groups excluding carboxylic acids is 1. The molecule has 0 saturated heterocycles. The van der Waals surface area contributed by atoms with Crippen molar-refractivity contribution in [2.24, 2.45) is 0 Å². The quantitative estimate of drug-likeness (QED) is 0.631. The molecule has 3 N–H and O–H groups in total. The number of nitrogens with one attached hydrogen (secondary N) is 1. The lowest BCUT2D eigenvalue weighted by molar-refractivity contribution is -0.128. The predicted octanol–water partition coefficient (Wildman–Crippen LogP) is 4.05. The molecule has 0 heterocycles. The molecule has 0 aliphatic heterocycles. The van der Waals surface area contributed by atoms with E-state index in [9.17, 15) is 9.90 Å². The summed E-state index contributed by atoms with van der Waals surface area (Å²) >= 11 is 0. The van der Waals surface area contributed by atoms with E-state index in [0.29, 0.717) is 12.8 Å². The maximum atomic E-state index is 10.4. The van der Waals surface area contributed by atoms with Crippen LogP contribution in [-0.2, 0) is 30.5 Å². The number of aromatic hydroxyl groups is 1. The number of amides is 1. The van der Waals surface area contributed by atoms with Crippen LogP contribution in [0.5, 0.6) is 5.75 Å². The van der Waals surface area contributed by atoms with Crippen molar-refractivity contribution in [3.05, 3.63) is 64.2 Å². The molecule has 5 heteroatoms. The first-order valence-corrected chi connectivity index (χ1v) is 11.7. The van der Waals surface area contributed by atoms with Crippen LogP contribution in [-0.4, -0.2) is 55.3 Å². The van der Waals surface area contributed by atoms with Gasteiger partial charge in [0.25, 0.3) is 0 Å². The molecule has 3 rings (SSSR count). The van der Waals surface area contributed by atoms with E-state index in [1.54, 1.807) is 36.2 Å². The van der Waals surface area contributed by atoms with Crippen molar-refractivity contribution in [3.63, 3.8) is 0 Å². The van der Waals surface area contributed by atoms with Gasteiger partial charge < -0.3 is 20.4 Å². The molecular formula is C27H42N2O3. The Morgan fingerprint density at radius 2 is 1.72 bits per heavy atom. The first-order valence-electron chi connectivity index (χ1n) is 11.7. The van der Waals surface area contributed by atoms with Gasteiger partial charge in [-0.3, -0.25) is 4.79 Å². The lowest BCUT2D eigenvalue weighted by Crippen LogP contribution is -2.19. The van der Waals surface area contributed by atoms with Gasteiger partial charge in [-0.1, -0.05) is 42.8 Å². The third-order valence-corrected chi connectivity index (χ3v) is 5.49. The van der Waals surface area contributed by atoms with Gasteiger partial charge in [0.1, 0.15) is 5.75 Å². The average Bonchev–Trinajstić information content (AvgIpc) is 2.79. The highest BCUT2D eigenvalue weighted by molar-refractivity contribution is 5.75. The lowest BCUT2D eigenvalue weighted by atomic mass is 9.91. The first kappa shape index (κ1) is 27.7. The number of aliphatic hydroxyl groups is 1. The Hall–Kier alpha value is -2.37. The van der Waals surface area contributed by atoms with E-state index in [0.717, 1.165) is 18.5 Å². The smallest absolute Gasteiger partial charge is 0.221 e. The molecule has 0 spiro atoms. The zero-order valence-electron chi connectivity index (χ0n) is 20.6. The van der Waals surface area contributed by atoms with Crippen LogP contribution in [0.25, 0.3) is 0 Å². The third kappa shape index (κ3) is 10.3. The van der Waals surface area contributed by atoms with Crippen molar-refractivity contribution >= 4 is 5.91 Å². The van der Waals surface area contributed by atoms with Gasteiger partial charge in [0.05, 0.1) is 0 Å². The van der Waals surface area contributed by atoms with Gasteiger partial charge in [0, 0.05) is 27.1 Å². The van der Waals surface area contributed by atoms with E-state index in [4.69, 9.17) is 5.11 Å². The van der Waals surface area contributed by atoms with Gasteiger partial charge in [-0.15, -0.1) is 0 Å². The van der Waals surface area contributed by atoms with Crippen LogP contribution in [0.4, 0.5) is 0 Å². The van der Waals surface area contributed by atoms with E-state index < -0.39 is 0 Å². The van der Waals surface area contributed by atoms with Crippen molar-refractivity contribution in [2.75, 3.05) is 34.3 Å². The molecule has 0 radical (unpaired) electrons. The Bertz CT molecular complexity index is 819. The minimum absolute atomic E-state index is 0.0725. The number of phenols is 1. The van der Waals surface area contributed by atoms with Crippen LogP contribution in [0.15, 0.2) is 36.4 Å². The normalized spacial score (nSPS) is 11.9. The Kier molecular flexibility index (Phi) is 13.3. The lowest BCUT2D eigenvalue weighted by Gasteiger charge is -2.15. The number of rotatable bonds is 6. The van der Waals surface area contributed by atoms with Crippen LogP contribution < -0.4 is 5.32 Å². The van der Waals surface area contributed by atoms with E-state index in [1.807, 2.05) is 26.1 Å². The Morgan fingerprint density at radius 3 is 2.28 bits per heavy atom. The molecule has 1 amide bonds. The number of carbonyl (C=O) groups is 1. The first-order chi connectivity index (χ1) is 15.3. The number of aliphatic hydroxyl groups excluding tert-OH is 1. The highest BCUT2D eigenvalue weighted by atomic mass is 16.3. The predicted molar refractivity (Wildman–Crippen MR) is 133 cm³/mol. The largest absolute Gasteiger partial charge is 0.508 e. The second-order valence-electron chi connectivity index (χ2n) is 8.41. The second-order valence-corrected chi connectivity index (χ2v) is 8.41. The number of phenolic OH excluding ortho intramolecular Hbond substituents is 1. The van der Waals surface area contributed by atoms with Crippen molar-refractivity contribution in [1.29, 1.82) is 0 Å². The molecule has 0 atom stereocenters. The SMILES string of the molecule is CCC(=O)N(C)C.CNCCc1ccc(O)c(CCO)c1.Cc1ccc2c(c1)CCCC2. The van der Waals surface area contributed by atoms with E-state index in [-0.39, 0.29) is 18.3 Å². The second kappa shape index (κ2) is 15.4. The zero-order chi connectivity index (χ0) is 23.9. The fraction of sp³-hybridized carbons (Fsp3) is 0.519. The number of nitrogens with zero attached hydrogens (tertiary/aromatic N) is 1. The minimum atomic E-state index is 0.0725. The maximum absolute atomic E-state index is 10.4. The minimum Gasteiger partial charge on any atom is -0.508 e. The molecule has 1 aliphatic carbocycles. The summed E-state index contributed by atoms with van der Waals surface area (Å²) in [6.07, 6.45) is 7.43. The van der Waals surface area contributed by atoms with Crippen LogP contribution >= 0.6 is 0 Å². The molecule has 0 unspecified atom stereocenters. The van der Waals surface area contributed by atoms with E-state index in [2.05, 4.69) is 30.4 Å². The van der Waals surface area contributed by atoms with E-state index in [1.165, 1.54) is 36.8 Å². The number of benzene rings is 2. The fourth-order valence-corrected chi connectivity index (χ4v) is 3.56. The summed E-state index contributed by atoms with van der Waals surface area (Å²) in [6, 6.07) is 12.4. The summed E-state index contributed by atoms with van der Waals surface area (Å²) in [6.45, 7) is 5.02. The highest BCUT2D eigenvalue weighted by Gasteiger charge is 2.07. The zero-order valence-corrected chi connectivity index (χ0v) is 20.6. The van der Waals surface area contributed by atoms with Crippen LogP contribution in [0, 0.1) is 6.92 Å². The van der Waals surface area contributed by atoms with Gasteiger partial charge in [-0.25, -0.2) is 0 Å². The Balaban J connectivity index is 0.000000254. The number of hydrogen-bond acceptors (Lipinski definition) is 4. The molecule has 2 aromatic rings. The summed E-state index contributed by atoms with van der Waals surface area (Å²) in [5.74, 6) is 0.451. The van der Waals surface area contributed by atoms with Crippen molar-refractivity contribution in [1.82, 2.24) is 10.2 Å². The van der Waals surface area contributed by atoms with Gasteiger partial charge in [-0.2, -0.15) is 0 Å². The average molecular weight is 443 g/mol.